The van der Waals surface area contributed by atoms with Crippen molar-refractivity contribution in [3.05, 3.63) is 59.7 Å². The Hall–Kier alpha value is -3.35. The molecule has 3 aliphatic carbocycles. The van der Waals surface area contributed by atoms with Crippen molar-refractivity contribution in [2.75, 3.05) is 13.2 Å². The highest BCUT2D eigenvalue weighted by Crippen LogP contribution is 2.44. The van der Waals surface area contributed by atoms with Crippen LogP contribution in [0.1, 0.15) is 62.0 Å². The van der Waals surface area contributed by atoms with Gasteiger partial charge >= 0.3 is 12.1 Å². The Kier molecular flexibility index (Phi) is 6.75. The molecule has 2 aromatic carbocycles. The molecule has 2 amide bonds. The molecule has 0 bridgehead atoms. The third-order valence-electron chi connectivity index (χ3n) is 7.53. The van der Waals surface area contributed by atoms with E-state index < -0.39 is 12.1 Å². The van der Waals surface area contributed by atoms with Gasteiger partial charge in [-0.05, 0) is 54.4 Å². The average molecular weight is 477 g/mol. The Bertz CT molecular complexity index is 1070. The fourth-order valence-electron chi connectivity index (χ4n) is 5.66. The third-order valence-corrected chi connectivity index (χ3v) is 7.53. The van der Waals surface area contributed by atoms with Gasteiger partial charge in [-0.3, -0.25) is 9.59 Å². The van der Waals surface area contributed by atoms with Crippen LogP contribution in [0.3, 0.4) is 0 Å². The second-order valence-corrected chi connectivity index (χ2v) is 9.94. The van der Waals surface area contributed by atoms with Gasteiger partial charge in [0.05, 0.1) is 6.42 Å². The van der Waals surface area contributed by atoms with Gasteiger partial charge < -0.3 is 20.1 Å². The number of hydrogen-bond acceptors (Lipinski definition) is 4. The zero-order valence-electron chi connectivity index (χ0n) is 19.8. The second-order valence-electron chi connectivity index (χ2n) is 9.94. The predicted octanol–water partition coefficient (Wildman–Crippen LogP) is 4.55. The number of nitrogens with one attached hydrogen (secondary N) is 1. The summed E-state index contributed by atoms with van der Waals surface area (Å²) in [6.45, 7) is 0.527. The van der Waals surface area contributed by atoms with Gasteiger partial charge in [-0.2, -0.15) is 0 Å². The Morgan fingerprint density at radius 1 is 0.943 bits per heavy atom. The minimum absolute atomic E-state index is 0.00941. The molecule has 2 atom stereocenters. The number of nitrogens with zero attached hydrogens (tertiary/aromatic N) is 1. The van der Waals surface area contributed by atoms with E-state index in [-0.39, 0.29) is 49.4 Å². The highest BCUT2D eigenvalue weighted by Gasteiger charge is 2.38. The predicted molar refractivity (Wildman–Crippen MR) is 131 cm³/mol. The topological polar surface area (TPSA) is 95.9 Å². The lowest BCUT2D eigenvalue weighted by atomic mass is 9.84. The molecule has 0 heterocycles. The van der Waals surface area contributed by atoms with Crippen LogP contribution in [-0.2, 0) is 14.3 Å². The van der Waals surface area contributed by atoms with E-state index in [0.29, 0.717) is 6.42 Å². The minimum Gasteiger partial charge on any atom is -0.481 e. The number of amides is 2. The van der Waals surface area contributed by atoms with E-state index in [4.69, 9.17) is 9.84 Å². The largest absolute Gasteiger partial charge is 0.481 e. The lowest BCUT2D eigenvalue weighted by molar-refractivity contribution is -0.140. The van der Waals surface area contributed by atoms with Gasteiger partial charge in [-0.1, -0.05) is 55.0 Å². The Labute approximate surface area is 205 Å². The molecule has 2 N–H and O–H groups in total. The first kappa shape index (κ1) is 23.4. The molecular formula is C28H32N2O5. The van der Waals surface area contributed by atoms with Crippen LogP contribution in [0.15, 0.2) is 48.5 Å². The summed E-state index contributed by atoms with van der Waals surface area (Å²) >= 11 is 0. The number of aliphatic carboxylic acids is 1. The summed E-state index contributed by atoms with van der Waals surface area (Å²) in [4.78, 5) is 38.6. The Balaban J connectivity index is 1.16. The van der Waals surface area contributed by atoms with Gasteiger partial charge in [0, 0.05) is 30.5 Å². The quantitative estimate of drug-likeness (QED) is 0.583. The number of benzene rings is 2. The third kappa shape index (κ3) is 5.19. The molecule has 2 saturated carbocycles. The monoisotopic (exact) mass is 476 g/mol. The maximum absolute atomic E-state index is 13.1. The van der Waals surface area contributed by atoms with Gasteiger partial charge in [-0.25, -0.2) is 4.79 Å². The van der Waals surface area contributed by atoms with Crippen molar-refractivity contribution >= 4 is 18.0 Å². The molecule has 35 heavy (non-hydrogen) atoms. The van der Waals surface area contributed by atoms with E-state index in [1.807, 2.05) is 24.3 Å². The molecule has 0 radical (unpaired) electrons. The number of hydrogen-bond donors (Lipinski definition) is 2. The number of carbonyl (C=O) groups is 3. The van der Waals surface area contributed by atoms with Crippen molar-refractivity contribution in [2.45, 2.75) is 62.9 Å². The van der Waals surface area contributed by atoms with E-state index in [1.165, 1.54) is 22.3 Å². The number of rotatable bonds is 8. The van der Waals surface area contributed by atoms with Crippen LogP contribution >= 0.6 is 0 Å². The summed E-state index contributed by atoms with van der Waals surface area (Å²) < 4.78 is 5.69. The smallest absolute Gasteiger partial charge is 0.407 e. The van der Waals surface area contributed by atoms with Gasteiger partial charge in [0.2, 0.25) is 5.91 Å². The molecule has 0 spiro atoms. The van der Waals surface area contributed by atoms with Crippen LogP contribution < -0.4 is 5.32 Å². The highest BCUT2D eigenvalue weighted by atomic mass is 16.5. The van der Waals surface area contributed by atoms with Crippen molar-refractivity contribution in [1.29, 1.82) is 0 Å². The molecule has 0 aliphatic heterocycles. The van der Waals surface area contributed by atoms with Crippen LogP contribution in [0.2, 0.25) is 0 Å². The molecule has 2 fully saturated rings. The molecular weight excluding hydrogens is 444 g/mol. The van der Waals surface area contributed by atoms with E-state index >= 15 is 0 Å². The Morgan fingerprint density at radius 3 is 2.23 bits per heavy atom. The number of fused-ring (bicyclic) bond motifs is 3. The zero-order chi connectivity index (χ0) is 24.4. The van der Waals surface area contributed by atoms with Gasteiger partial charge in [-0.15, -0.1) is 0 Å². The number of alkyl carbamates (subject to hydrolysis) is 1. The first-order chi connectivity index (χ1) is 17.0. The summed E-state index contributed by atoms with van der Waals surface area (Å²) in [5.41, 5.74) is 4.72. The maximum Gasteiger partial charge on any atom is 0.407 e. The minimum atomic E-state index is -0.887. The molecule has 2 aromatic rings. The average Bonchev–Trinajstić information content (AvgIpc) is 3.65. The highest BCUT2D eigenvalue weighted by molar-refractivity contribution is 5.81. The molecule has 0 aromatic heterocycles. The lowest BCUT2D eigenvalue weighted by Gasteiger charge is -2.33. The number of carboxylic acids is 1. The van der Waals surface area contributed by atoms with Crippen LogP contribution in [0.5, 0.6) is 0 Å². The standard InChI is InChI=1S/C28H32N2O5/c31-26(32)14-15-30(20-12-13-20)27(33)18-6-5-7-19(16-18)29-28(34)35-17-25-23-10-3-1-8-21(23)22-9-2-4-11-24(22)25/h1-4,8-11,18-20,25H,5-7,12-17H2,(H,29,34)(H,31,32). The van der Waals surface area contributed by atoms with Gasteiger partial charge in [0.25, 0.3) is 0 Å². The van der Waals surface area contributed by atoms with Crippen LogP contribution in [-0.4, -0.2) is 53.2 Å². The molecule has 7 heteroatoms. The second kappa shape index (κ2) is 10.1. The van der Waals surface area contributed by atoms with Crippen molar-refractivity contribution < 1.29 is 24.2 Å². The fraction of sp³-hybridized carbons (Fsp3) is 0.464. The van der Waals surface area contributed by atoms with E-state index in [9.17, 15) is 14.4 Å². The zero-order valence-corrected chi connectivity index (χ0v) is 19.8. The van der Waals surface area contributed by atoms with Crippen LogP contribution in [0, 0.1) is 5.92 Å². The molecule has 3 aliphatic rings. The molecule has 5 rings (SSSR count). The molecule has 0 saturated heterocycles. The first-order valence-electron chi connectivity index (χ1n) is 12.6. The SMILES string of the molecule is O=C(O)CCN(C(=O)C1CCCC(NC(=O)OCC2c3ccccc3-c3ccccc32)C1)C1CC1. The van der Waals surface area contributed by atoms with E-state index in [2.05, 4.69) is 29.6 Å². The normalized spacial score (nSPS) is 21.0. The summed E-state index contributed by atoms with van der Waals surface area (Å²) in [5, 5.41) is 12.0. The van der Waals surface area contributed by atoms with Gasteiger partial charge in [0.15, 0.2) is 0 Å². The van der Waals surface area contributed by atoms with Gasteiger partial charge in [0.1, 0.15) is 6.61 Å². The number of carboxylic acid groups (broad SMARTS) is 1. The van der Waals surface area contributed by atoms with E-state index in [0.717, 1.165) is 32.1 Å². The molecule has 7 nitrogen and oxygen atoms in total. The molecule has 2 unspecified atom stereocenters. The van der Waals surface area contributed by atoms with E-state index in [1.54, 1.807) is 4.90 Å². The van der Waals surface area contributed by atoms with Crippen LogP contribution in [0.25, 0.3) is 11.1 Å². The Morgan fingerprint density at radius 2 is 1.60 bits per heavy atom. The summed E-state index contributed by atoms with van der Waals surface area (Å²) in [7, 11) is 0. The first-order valence-corrected chi connectivity index (χ1v) is 12.6. The van der Waals surface area contributed by atoms with Crippen molar-refractivity contribution in [1.82, 2.24) is 10.2 Å². The van der Waals surface area contributed by atoms with Crippen molar-refractivity contribution in [3.8, 4) is 11.1 Å². The molecule has 184 valence electrons. The maximum atomic E-state index is 13.1. The number of ether oxygens (including phenoxy) is 1. The van der Waals surface area contributed by atoms with Crippen LogP contribution in [0.4, 0.5) is 4.79 Å². The summed E-state index contributed by atoms with van der Waals surface area (Å²) in [6.07, 6.45) is 4.41. The summed E-state index contributed by atoms with van der Waals surface area (Å²) in [5.74, 6) is -1.03. The fourth-order valence-corrected chi connectivity index (χ4v) is 5.66. The van der Waals surface area contributed by atoms with Crippen molar-refractivity contribution in [3.63, 3.8) is 0 Å². The summed E-state index contributed by atoms with van der Waals surface area (Å²) in [6, 6.07) is 16.5. The van der Waals surface area contributed by atoms with Crippen molar-refractivity contribution in [2.24, 2.45) is 5.92 Å². The number of carbonyl (C=O) groups excluding carboxylic acids is 2. The lowest BCUT2D eigenvalue weighted by Crippen LogP contribution is -2.45.